The van der Waals surface area contributed by atoms with E-state index in [0.29, 0.717) is 11.3 Å². The Morgan fingerprint density at radius 3 is 2.38 bits per heavy atom. The molecule has 0 aromatic heterocycles. The molecule has 2 amide bonds. The molecule has 8 heteroatoms. The number of nitrogens with zero attached hydrogens (tertiary/aromatic N) is 2. The molecule has 2 fully saturated rings. The minimum Gasteiger partial charge on any atom is -0.488 e. The van der Waals surface area contributed by atoms with E-state index in [9.17, 15) is 14.4 Å². The van der Waals surface area contributed by atoms with E-state index in [2.05, 4.69) is 21.0 Å². The average molecular weight is 495 g/mol. The number of imide groups is 1. The van der Waals surface area contributed by atoms with Crippen molar-refractivity contribution < 1.29 is 24.2 Å². The molecule has 2 bridgehead atoms. The number of carbonyl (C=O) groups excluding carboxylic acids is 2. The van der Waals surface area contributed by atoms with Crippen LogP contribution in [0.15, 0.2) is 64.2 Å². The van der Waals surface area contributed by atoms with E-state index in [1.165, 1.54) is 18.3 Å². The number of rotatable bonds is 6. The molecule has 0 spiro atoms. The molecule has 32 heavy (non-hydrogen) atoms. The predicted molar refractivity (Wildman–Crippen MR) is 119 cm³/mol. The summed E-state index contributed by atoms with van der Waals surface area (Å²) >= 11 is 3.43. The van der Waals surface area contributed by atoms with E-state index in [1.54, 1.807) is 24.3 Å². The summed E-state index contributed by atoms with van der Waals surface area (Å²) in [7, 11) is 0. The van der Waals surface area contributed by atoms with Crippen LogP contribution in [-0.4, -0.2) is 34.1 Å². The highest BCUT2D eigenvalue weighted by molar-refractivity contribution is 9.10. The first kappa shape index (κ1) is 20.6. The van der Waals surface area contributed by atoms with Crippen LogP contribution in [0.5, 0.6) is 5.75 Å². The van der Waals surface area contributed by atoms with Crippen molar-refractivity contribution in [2.24, 2.45) is 28.8 Å². The SMILES string of the molecule is O=C(O)c1ccc(COc2ccc(Br)cc2C=NN2C(=O)C3C4C=CC(C4)C3C2=O)cc1. The predicted octanol–water partition coefficient (Wildman–Crippen LogP) is 3.87. The first-order valence-electron chi connectivity index (χ1n) is 10.3. The molecule has 2 aromatic carbocycles. The fourth-order valence-corrected chi connectivity index (χ4v) is 5.16. The van der Waals surface area contributed by atoms with Crippen LogP contribution < -0.4 is 4.74 Å². The van der Waals surface area contributed by atoms with Gasteiger partial charge in [0, 0.05) is 10.0 Å². The highest BCUT2D eigenvalue weighted by atomic mass is 79.9. The van der Waals surface area contributed by atoms with Gasteiger partial charge >= 0.3 is 5.97 Å². The van der Waals surface area contributed by atoms with Crippen LogP contribution in [0.25, 0.3) is 0 Å². The van der Waals surface area contributed by atoms with Gasteiger partial charge in [0.15, 0.2) is 0 Å². The highest BCUT2D eigenvalue weighted by Crippen LogP contribution is 2.52. The fourth-order valence-electron chi connectivity index (χ4n) is 4.78. The highest BCUT2D eigenvalue weighted by Gasteiger charge is 2.59. The number of allylic oxidation sites excluding steroid dienone is 2. The van der Waals surface area contributed by atoms with Gasteiger partial charge in [0.25, 0.3) is 11.8 Å². The summed E-state index contributed by atoms with van der Waals surface area (Å²) in [5, 5.41) is 14.3. The number of carboxylic acids is 1. The lowest BCUT2D eigenvalue weighted by Crippen LogP contribution is -2.28. The third-order valence-electron chi connectivity index (χ3n) is 6.33. The van der Waals surface area contributed by atoms with Crippen molar-refractivity contribution in [2.75, 3.05) is 0 Å². The Morgan fingerprint density at radius 2 is 1.75 bits per heavy atom. The molecule has 1 heterocycles. The van der Waals surface area contributed by atoms with E-state index in [0.717, 1.165) is 21.5 Å². The lowest BCUT2D eigenvalue weighted by Gasteiger charge is -2.13. The van der Waals surface area contributed by atoms with Crippen molar-refractivity contribution in [2.45, 2.75) is 13.0 Å². The van der Waals surface area contributed by atoms with E-state index in [4.69, 9.17) is 9.84 Å². The van der Waals surface area contributed by atoms with Gasteiger partial charge in [-0.25, -0.2) is 4.79 Å². The van der Waals surface area contributed by atoms with Gasteiger partial charge in [0.05, 0.1) is 23.6 Å². The Kier molecular flexibility index (Phi) is 5.17. The molecule has 1 saturated carbocycles. The molecule has 4 atom stereocenters. The number of carbonyl (C=O) groups is 3. The zero-order valence-corrected chi connectivity index (χ0v) is 18.4. The lowest BCUT2D eigenvalue weighted by atomic mass is 9.85. The van der Waals surface area contributed by atoms with Crippen LogP contribution in [0.2, 0.25) is 0 Å². The van der Waals surface area contributed by atoms with Crippen molar-refractivity contribution in [1.82, 2.24) is 5.01 Å². The van der Waals surface area contributed by atoms with Crippen LogP contribution in [0.1, 0.15) is 27.9 Å². The first-order chi connectivity index (χ1) is 15.4. The summed E-state index contributed by atoms with van der Waals surface area (Å²) in [6.45, 7) is 0.225. The zero-order chi connectivity index (χ0) is 22.4. The third-order valence-corrected chi connectivity index (χ3v) is 6.82. The number of hydrogen-bond donors (Lipinski definition) is 1. The van der Waals surface area contributed by atoms with E-state index < -0.39 is 5.97 Å². The van der Waals surface area contributed by atoms with Crippen molar-refractivity contribution in [1.29, 1.82) is 0 Å². The van der Waals surface area contributed by atoms with Crippen molar-refractivity contribution >= 4 is 39.9 Å². The molecule has 0 radical (unpaired) electrons. The summed E-state index contributed by atoms with van der Waals surface area (Å²) in [5.41, 5.74) is 1.63. The van der Waals surface area contributed by atoms with Gasteiger partial charge in [-0.2, -0.15) is 10.1 Å². The van der Waals surface area contributed by atoms with Crippen LogP contribution >= 0.6 is 15.9 Å². The van der Waals surface area contributed by atoms with Crippen LogP contribution in [0.3, 0.4) is 0 Å². The van der Waals surface area contributed by atoms with E-state index >= 15 is 0 Å². The second kappa shape index (κ2) is 8.02. The van der Waals surface area contributed by atoms with Gasteiger partial charge in [-0.3, -0.25) is 9.59 Å². The molecule has 7 nitrogen and oxygen atoms in total. The van der Waals surface area contributed by atoms with E-state index in [1.807, 2.05) is 18.2 Å². The largest absolute Gasteiger partial charge is 0.488 e. The molecular formula is C24H19BrN2O5. The minimum absolute atomic E-state index is 0.138. The van der Waals surface area contributed by atoms with Gasteiger partial charge in [0.2, 0.25) is 0 Å². The number of hydrogen-bond acceptors (Lipinski definition) is 5. The Balaban J connectivity index is 1.32. The summed E-state index contributed by atoms with van der Waals surface area (Å²) in [5.74, 6) is -1.22. The average Bonchev–Trinajstić information content (AvgIpc) is 3.46. The Labute approximate surface area is 192 Å². The van der Waals surface area contributed by atoms with Crippen LogP contribution in [0.4, 0.5) is 0 Å². The van der Waals surface area contributed by atoms with Crippen molar-refractivity contribution in [3.05, 3.63) is 75.8 Å². The Hall–Kier alpha value is -3.26. The molecule has 1 aliphatic heterocycles. The second-order valence-corrected chi connectivity index (χ2v) is 9.12. The number of carboxylic acid groups (broad SMARTS) is 1. The quantitative estimate of drug-likeness (QED) is 0.373. The Morgan fingerprint density at radius 1 is 1.09 bits per heavy atom. The molecule has 1 saturated heterocycles. The van der Waals surface area contributed by atoms with Crippen molar-refractivity contribution in [3.8, 4) is 5.75 Å². The summed E-state index contributed by atoms with van der Waals surface area (Å²) in [4.78, 5) is 36.6. The number of ether oxygens (including phenoxy) is 1. The van der Waals surface area contributed by atoms with Crippen molar-refractivity contribution in [3.63, 3.8) is 0 Å². The number of aromatic carboxylic acids is 1. The summed E-state index contributed by atoms with van der Waals surface area (Å²) in [6.07, 6.45) is 6.45. The molecule has 2 aromatic rings. The van der Waals surface area contributed by atoms with Crippen LogP contribution in [0, 0.1) is 23.7 Å². The van der Waals surface area contributed by atoms with Gasteiger partial charge in [0.1, 0.15) is 12.4 Å². The lowest BCUT2D eigenvalue weighted by molar-refractivity contribution is -0.140. The van der Waals surface area contributed by atoms with Gasteiger partial charge in [-0.1, -0.05) is 40.2 Å². The number of halogens is 1. The molecule has 3 aliphatic rings. The summed E-state index contributed by atoms with van der Waals surface area (Å²) in [6, 6.07) is 11.8. The molecule has 1 N–H and O–H groups in total. The van der Waals surface area contributed by atoms with E-state index in [-0.39, 0.29) is 47.7 Å². The molecule has 5 rings (SSSR count). The third kappa shape index (κ3) is 3.54. The normalized spacial score (nSPS) is 25.7. The standard InChI is InChI=1S/C24H19BrN2O5/c25-18-7-8-19(32-12-13-1-3-14(4-2-13)24(30)31)17(10-18)11-26-27-22(28)20-15-5-6-16(9-15)21(20)23(27)29/h1-8,10-11,15-16,20-21H,9,12H2,(H,30,31). The number of fused-ring (bicyclic) bond motifs is 5. The van der Waals surface area contributed by atoms with Crippen LogP contribution in [-0.2, 0) is 16.2 Å². The zero-order valence-electron chi connectivity index (χ0n) is 16.8. The second-order valence-electron chi connectivity index (χ2n) is 8.21. The maximum atomic E-state index is 12.8. The number of amides is 2. The maximum absolute atomic E-state index is 12.8. The fraction of sp³-hybridized carbons (Fsp3) is 0.250. The molecule has 162 valence electrons. The summed E-state index contributed by atoms with van der Waals surface area (Å²) < 4.78 is 6.71. The first-order valence-corrected chi connectivity index (χ1v) is 11.1. The molecule has 4 unspecified atom stereocenters. The smallest absolute Gasteiger partial charge is 0.335 e. The van der Waals surface area contributed by atoms with Gasteiger partial charge in [-0.05, 0) is 54.2 Å². The monoisotopic (exact) mass is 494 g/mol. The van der Waals surface area contributed by atoms with Gasteiger partial charge < -0.3 is 9.84 Å². The maximum Gasteiger partial charge on any atom is 0.335 e. The minimum atomic E-state index is -0.984. The number of hydrazone groups is 1. The molecular weight excluding hydrogens is 476 g/mol. The Bertz CT molecular complexity index is 1140. The van der Waals surface area contributed by atoms with Gasteiger partial charge in [-0.15, -0.1) is 0 Å². The topological polar surface area (TPSA) is 96.3 Å². The number of benzene rings is 2. The molecule has 2 aliphatic carbocycles.